The number of rotatable bonds is 13. The Bertz CT molecular complexity index is 1580. The van der Waals surface area contributed by atoms with Crippen molar-refractivity contribution < 1.29 is 29.3 Å². The fourth-order valence-electron chi connectivity index (χ4n) is 3.71. The molecule has 0 aromatic carbocycles. The van der Waals surface area contributed by atoms with Crippen molar-refractivity contribution in [2.24, 2.45) is 5.92 Å². The lowest BCUT2D eigenvalue weighted by molar-refractivity contribution is -0.142. The van der Waals surface area contributed by atoms with Crippen molar-refractivity contribution in [3.05, 3.63) is 59.3 Å². The van der Waals surface area contributed by atoms with Crippen molar-refractivity contribution in [1.82, 2.24) is 5.32 Å². The maximum Gasteiger partial charge on any atom is 0.324 e. The number of hydrogen-bond acceptors (Lipinski definition) is 10. The Labute approximate surface area is 250 Å². The molecule has 0 saturated heterocycles. The van der Waals surface area contributed by atoms with Crippen LogP contribution in [0.3, 0.4) is 0 Å². The summed E-state index contributed by atoms with van der Waals surface area (Å²) in [5, 5.41) is 25.6. The molecule has 0 aliphatic heterocycles. The van der Waals surface area contributed by atoms with Gasteiger partial charge >= 0.3 is 11.9 Å². The Kier molecular flexibility index (Phi) is 9.03. The fourth-order valence-corrected chi connectivity index (χ4v) is 8.80. The normalized spacial score (nSPS) is 12.8. The second-order valence-corrected chi connectivity index (χ2v) is 13.9. The molecular formula is C28H25NO6S5. The largest absolute Gasteiger partial charge is 0.491 e. The first-order valence-electron chi connectivity index (χ1n) is 12.2. The summed E-state index contributed by atoms with van der Waals surface area (Å²) in [5.74, 6) is -1.20. The number of thiophene rings is 5. The summed E-state index contributed by atoms with van der Waals surface area (Å²) in [5.41, 5.74) is 0. The van der Waals surface area contributed by atoms with Gasteiger partial charge in [0.1, 0.15) is 30.8 Å². The van der Waals surface area contributed by atoms with Gasteiger partial charge in [-0.2, -0.15) is 0 Å². The Balaban J connectivity index is 1.49. The van der Waals surface area contributed by atoms with E-state index in [1.807, 2.05) is 47.2 Å². The van der Waals surface area contributed by atoms with Crippen molar-refractivity contribution in [3.8, 4) is 50.5 Å². The summed E-state index contributed by atoms with van der Waals surface area (Å²) in [6, 6.07) is 15.3. The van der Waals surface area contributed by atoms with Gasteiger partial charge in [0.15, 0.2) is 0 Å². The molecule has 0 aliphatic carbocycles. The molecule has 0 saturated carbocycles. The topological polar surface area (TPSA) is 105 Å². The Hall–Kier alpha value is -3.00. The Morgan fingerprint density at radius 1 is 0.750 bits per heavy atom. The predicted octanol–water partition coefficient (Wildman–Crippen LogP) is 7.81. The summed E-state index contributed by atoms with van der Waals surface area (Å²) >= 11 is 8.10. The first-order chi connectivity index (χ1) is 19.3. The maximum absolute atomic E-state index is 11.5. The van der Waals surface area contributed by atoms with Gasteiger partial charge in [-0.25, -0.2) is 0 Å². The lowest BCUT2D eigenvalue weighted by atomic mass is 10.2. The molecule has 0 spiro atoms. The van der Waals surface area contributed by atoms with E-state index in [4.69, 9.17) is 9.47 Å². The van der Waals surface area contributed by atoms with Crippen LogP contribution in [0.4, 0.5) is 0 Å². The second kappa shape index (κ2) is 12.7. The number of likely N-dealkylation sites (N-methyl/N-ethyl adjacent to an activating group) is 1. The second-order valence-electron chi connectivity index (χ2n) is 8.77. The van der Waals surface area contributed by atoms with Crippen LogP contribution < -0.4 is 14.8 Å². The molecule has 0 aliphatic rings. The van der Waals surface area contributed by atoms with E-state index in [1.54, 1.807) is 70.7 Å². The van der Waals surface area contributed by atoms with E-state index in [9.17, 15) is 19.8 Å². The third-order valence-electron chi connectivity index (χ3n) is 5.94. The van der Waals surface area contributed by atoms with Crippen LogP contribution in [0.25, 0.3) is 39.0 Å². The average molecular weight is 632 g/mol. The van der Waals surface area contributed by atoms with E-state index in [0.717, 1.165) is 39.0 Å². The van der Waals surface area contributed by atoms with Crippen molar-refractivity contribution in [2.45, 2.75) is 13.0 Å². The van der Waals surface area contributed by atoms with Crippen LogP contribution in [0.15, 0.2) is 59.3 Å². The standard InChI is InChI=1S/C28H25NO6S5/c1-15(27(30)31)13-34-17-11-23(19-5-3-9-36-19)39-25(17)21-7-8-22(38-21)26-18(35-14-16(29-2)28(32)33)12-24(40-26)20-6-4-10-37-20/h3-12,15-16,29H,13-14H2,1-2H3,(H,30,31)(H,32,33). The minimum Gasteiger partial charge on any atom is -0.491 e. The monoisotopic (exact) mass is 631 g/mol. The van der Waals surface area contributed by atoms with Crippen LogP contribution in [0.1, 0.15) is 6.92 Å². The molecule has 2 atom stereocenters. The molecule has 2 unspecified atom stereocenters. The van der Waals surface area contributed by atoms with Gasteiger partial charge in [-0.3, -0.25) is 9.59 Å². The summed E-state index contributed by atoms with van der Waals surface area (Å²) in [6.45, 7) is 1.70. The lowest BCUT2D eigenvalue weighted by Gasteiger charge is -2.12. The van der Waals surface area contributed by atoms with Gasteiger partial charge in [0.2, 0.25) is 0 Å². The summed E-state index contributed by atoms with van der Waals surface area (Å²) in [7, 11) is 1.60. The molecule has 40 heavy (non-hydrogen) atoms. The molecule has 0 bridgehead atoms. The minimum absolute atomic E-state index is 0.00741. The molecule has 0 fully saturated rings. The van der Waals surface area contributed by atoms with Gasteiger partial charge in [-0.1, -0.05) is 12.1 Å². The smallest absolute Gasteiger partial charge is 0.324 e. The first-order valence-corrected chi connectivity index (χ1v) is 16.4. The van der Waals surface area contributed by atoms with Crippen LogP contribution in [-0.4, -0.2) is 48.5 Å². The number of hydrogen-bond donors (Lipinski definition) is 3. The molecular weight excluding hydrogens is 607 g/mol. The van der Waals surface area contributed by atoms with Crippen molar-refractivity contribution >= 4 is 68.6 Å². The summed E-state index contributed by atoms with van der Waals surface area (Å²) in [4.78, 5) is 31.1. The molecule has 0 amide bonds. The van der Waals surface area contributed by atoms with E-state index in [-0.39, 0.29) is 13.2 Å². The van der Waals surface area contributed by atoms with Crippen LogP contribution in [0.2, 0.25) is 0 Å². The number of carboxylic acids is 2. The number of carboxylic acid groups (broad SMARTS) is 2. The molecule has 5 aromatic rings. The minimum atomic E-state index is -0.972. The SMILES string of the molecule is CNC(COc1cc(-c2cccs2)sc1-c1ccc(-c2sc(-c3cccs3)cc2OCC(C)C(=O)O)s1)C(=O)O. The van der Waals surface area contributed by atoms with Crippen LogP contribution >= 0.6 is 56.7 Å². The highest BCUT2D eigenvalue weighted by Gasteiger charge is 2.23. The van der Waals surface area contributed by atoms with Crippen molar-refractivity contribution in [1.29, 1.82) is 0 Å². The molecule has 12 heteroatoms. The van der Waals surface area contributed by atoms with Gasteiger partial charge in [0, 0.05) is 41.4 Å². The number of carbonyl (C=O) groups is 2. The van der Waals surface area contributed by atoms with E-state index >= 15 is 0 Å². The molecule has 3 N–H and O–H groups in total. The molecule has 208 valence electrons. The molecule has 5 aromatic heterocycles. The first kappa shape index (κ1) is 28.5. The Morgan fingerprint density at radius 3 is 1.70 bits per heavy atom. The van der Waals surface area contributed by atoms with Gasteiger partial charge in [0.25, 0.3) is 0 Å². The summed E-state index contributed by atoms with van der Waals surface area (Å²) < 4.78 is 12.1. The number of aliphatic carboxylic acids is 2. The van der Waals surface area contributed by atoms with Crippen LogP contribution in [0, 0.1) is 5.92 Å². The summed E-state index contributed by atoms with van der Waals surface area (Å²) in [6.07, 6.45) is 0. The van der Waals surface area contributed by atoms with Gasteiger partial charge < -0.3 is 25.0 Å². The maximum atomic E-state index is 11.5. The molecule has 7 nitrogen and oxygen atoms in total. The van der Waals surface area contributed by atoms with Gasteiger partial charge in [0.05, 0.1) is 15.7 Å². The van der Waals surface area contributed by atoms with E-state index < -0.39 is 23.9 Å². The third kappa shape index (κ3) is 6.32. The third-order valence-corrected chi connectivity index (χ3v) is 11.7. The van der Waals surface area contributed by atoms with Gasteiger partial charge in [-0.05, 0) is 49.0 Å². The zero-order valence-electron chi connectivity index (χ0n) is 21.4. The quantitative estimate of drug-likeness (QED) is 0.122. The lowest BCUT2D eigenvalue weighted by Crippen LogP contribution is -2.39. The highest BCUT2D eigenvalue weighted by molar-refractivity contribution is 7.29. The number of nitrogens with one attached hydrogen (secondary N) is 1. The molecule has 5 rings (SSSR count). The van der Waals surface area contributed by atoms with Crippen LogP contribution in [-0.2, 0) is 9.59 Å². The fraction of sp³-hybridized carbons (Fsp3) is 0.214. The highest BCUT2D eigenvalue weighted by atomic mass is 32.1. The highest BCUT2D eigenvalue weighted by Crippen LogP contribution is 2.51. The zero-order valence-corrected chi connectivity index (χ0v) is 25.5. The van der Waals surface area contributed by atoms with E-state index in [0.29, 0.717) is 11.5 Å². The van der Waals surface area contributed by atoms with Crippen molar-refractivity contribution in [3.63, 3.8) is 0 Å². The van der Waals surface area contributed by atoms with Gasteiger partial charge in [-0.15, -0.1) is 56.7 Å². The zero-order chi connectivity index (χ0) is 28.2. The number of ether oxygens (including phenoxy) is 2. The Morgan fingerprint density at radius 2 is 1.27 bits per heavy atom. The molecule has 0 radical (unpaired) electrons. The van der Waals surface area contributed by atoms with Crippen molar-refractivity contribution in [2.75, 3.05) is 20.3 Å². The van der Waals surface area contributed by atoms with Crippen LogP contribution in [0.5, 0.6) is 11.5 Å². The van der Waals surface area contributed by atoms with E-state index in [2.05, 4.69) is 17.4 Å². The molecule has 5 heterocycles. The predicted molar refractivity (Wildman–Crippen MR) is 166 cm³/mol. The van der Waals surface area contributed by atoms with E-state index in [1.165, 1.54) is 0 Å². The average Bonchev–Trinajstić information content (AvgIpc) is 3.76.